The van der Waals surface area contributed by atoms with Crippen molar-refractivity contribution in [2.24, 2.45) is 4.99 Å². The first-order chi connectivity index (χ1) is 13.0. The SMILES string of the molecule is CN=C(NCCc1ccn(-c2ccc(F)cc2)n1)NC(C)c1ccc(C)o1.I. The van der Waals surface area contributed by atoms with E-state index < -0.39 is 0 Å². The normalized spacial score (nSPS) is 12.4. The van der Waals surface area contributed by atoms with Crippen LogP contribution in [-0.2, 0) is 6.42 Å². The van der Waals surface area contributed by atoms with Crippen molar-refractivity contribution >= 4 is 29.9 Å². The first kappa shape index (κ1) is 21.9. The lowest BCUT2D eigenvalue weighted by Gasteiger charge is -2.16. The first-order valence-electron chi connectivity index (χ1n) is 8.89. The second kappa shape index (κ2) is 10.3. The van der Waals surface area contributed by atoms with Crippen molar-refractivity contribution in [3.63, 3.8) is 0 Å². The molecule has 0 aliphatic carbocycles. The molecule has 3 rings (SSSR count). The number of hydrogen-bond acceptors (Lipinski definition) is 3. The zero-order valence-corrected chi connectivity index (χ0v) is 18.5. The molecule has 2 N–H and O–H groups in total. The predicted molar refractivity (Wildman–Crippen MR) is 119 cm³/mol. The molecule has 2 aromatic heterocycles. The van der Waals surface area contributed by atoms with Crippen LogP contribution in [0.2, 0.25) is 0 Å². The molecule has 0 aliphatic heterocycles. The average Bonchev–Trinajstić information content (AvgIpc) is 3.30. The summed E-state index contributed by atoms with van der Waals surface area (Å²) in [5, 5.41) is 11.1. The predicted octanol–water partition coefficient (Wildman–Crippen LogP) is 4.00. The minimum absolute atomic E-state index is 0. The summed E-state index contributed by atoms with van der Waals surface area (Å²) in [6.45, 7) is 4.63. The summed E-state index contributed by atoms with van der Waals surface area (Å²) >= 11 is 0. The van der Waals surface area contributed by atoms with E-state index in [1.165, 1.54) is 12.1 Å². The Balaban J connectivity index is 0.00000280. The Morgan fingerprint density at radius 1 is 1.21 bits per heavy atom. The van der Waals surface area contributed by atoms with Gasteiger partial charge < -0.3 is 15.1 Å². The smallest absolute Gasteiger partial charge is 0.191 e. The van der Waals surface area contributed by atoms with Gasteiger partial charge in [-0.05, 0) is 56.3 Å². The number of aliphatic imine (C=N–C) groups is 1. The maximum absolute atomic E-state index is 13.0. The molecule has 28 heavy (non-hydrogen) atoms. The van der Waals surface area contributed by atoms with Gasteiger partial charge in [-0.3, -0.25) is 4.99 Å². The van der Waals surface area contributed by atoms with Crippen LogP contribution in [0.25, 0.3) is 5.69 Å². The number of guanidine groups is 1. The van der Waals surface area contributed by atoms with Gasteiger partial charge >= 0.3 is 0 Å². The Labute approximate surface area is 181 Å². The van der Waals surface area contributed by atoms with Gasteiger partial charge in [-0.15, -0.1) is 24.0 Å². The summed E-state index contributed by atoms with van der Waals surface area (Å²) in [6.07, 6.45) is 2.61. The van der Waals surface area contributed by atoms with Gasteiger partial charge in [0.1, 0.15) is 17.3 Å². The molecule has 0 fully saturated rings. The van der Waals surface area contributed by atoms with Crippen molar-refractivity contribution in [1.82, 2.24) is 20.4 Å². The number of hydrogen-bond donors (Lipinski definition) is 2. The topological polar surface area (TPSA) is 67.4 Å². The van der Waals surface area contributed by atoms with Gasteiger partial charge in [-0.25, -0.2) is 9.07 Å². The fourth-order valence-electron chi connectivity index (χ4n) is 2.70. The maximum atomic E-state index is 13.0. The number of aromatic nitrogens is 2. The van der Waals surface area contributed by atoms with E-state index in [1.807, 2.05) is 38.2 Å². The lowest BCUT2D eigenvalue weighted by Crippen LogP contribution is -2.39. The van der Waals surface area contributed by atoms with Crippen molar-refractivity contribution in [3.8, 4) is 5.69 Å². The highest BCUT2D eigenvalue weighted by Crippen LogP contribution is 2.15. The van der Waals surface area contributed by atoms with E-state index in [0.29, 0.717) is 12.5 Å². The van der Waals surface area contributed by atoms with Crippen molar-refractivity contribution in [3.05, 3.63) is 71.7 Å². The Morgan fingerprint density at radius 3 is 2.61 bits per heavy atom. The molecule has 0 saturated heterocycles. The van der Waals surface area contributed by atoms with Gasteiger partial charge in [0, 0.05) is 26.2 Å². The molecule has 0 spiro atoms. The summed E-state index contributed by atoms with van der Waals surface area (Å²) in [7, 11) is 1.73. The number of halogens is 2. The fourth-order valence-corrected chi connectivity index (χ4v) is 2.70. The molecule has 0 amide bonds. The zero-order chi connectivity index (χ0) is 19.2. The quantitative estimate of drug-likeness (QED) is 0.307. The van der Waals surface area contributed by atoms with Crippen LogP contribution in [0.1, 0.15) is 30.2 Å². The zero-order valence-electron chi connectivity index (χ0n) is 16.1. The molecule has 2 heterocycles. The van der Waals surface area contributed by atoms with Crippen molar-refractivity contribution in [1.29, 1.82) is 0 Å². The average molecular weight is 497 g/mol. The number of benzene rings is 1. The minimum atomic E-state index is -0.256. The molecule has 0 aliphatic rings. The highest BCUT2D eigenvalue weighted by Gasteiger charge is 2.11. The molecule has 6 nitrogen and oxygen atoms in total. The third-order valence-corrected chi connectivity index (χ3v) is 4.17. The summed E-state index contributed by atoms with van der Waals surface area (Å²) in [5.74, 6) is 2.20. The molecular formula is C20H25FIN5O. The largest absolute Gasteiger partial charge is 0.464 e. The Bertz CT molecular complexity index is 903. The number of nitrogens with one attached hydrogen (secondary N) is 2. The molecule has 1 aromatic carbocycles. The van der Waals surface area contributed by atoms with Gasteiger partial charge in [-0.1, -0.05) is 0 Å². The second-order valence-corrected chi connectivity index (χ2v) is 6.29. The molecular weight excluding hydrogens is 472 g/mol. The van der Waals surface area contributed by atoms with Crippen LogP contribution < -0.4 is 10.6 Å². The van der Waals surface area contributed by atoms with E-state index in [4.69, 9.17) is 4.42 Å². The van der Waals surface area contributed by atoms with Crippen LogP contribution in [0.4, 0.5) is 4.39 Å². The Morgan fingerprint density at radius 2 is 1.96 bits per heavy atom. The Kier molecular flexibility index (Phi) is 8.04. The van der Waals surface area contributed by atoms with E-state index in [1.54, 1.807) is 23.9 Å². The van der Waals surface area contributed by atoms with Gasteiger partial charge in [0.2, 0.25) is 0 Å². The summed E-state index contributed by atoms with van der Waals surface area (Å²) in [4.78, 5) is 4.24. The number of furan rings is 1. The lowest BCUT2D eigenvalue weighted by atomic mass is 10.2. The van der Waals surface area contributed by atoms with Crippen LogP contribution >= 0.6 is 24.0 Å². The number of nitrogens with zero attached hydrogens (tertiary/aromatic N) is 3. The summed E-state index contributed by atoms with van der Waals surface area (Å²) < 4.78 is 20.4. The highest BCUT2D eigenvalue weighted by atomic mass is 127. The molecule has 1 atom stereocenters. The maximum Gasteiger partial charge on any atom is 0.191 e. The lowest BCUT2D eigenvalue weighted by molar-refractivity contribution is 0.441. The van der Waals surface area contributed by atoms with Crippen LogP contribution in [-0.4, -0.2) is 29.3 Å². The van der Waals surface area contributed by atoms with E-state index in [2.05, 4.69) is 20.7 Å². The van der Waals surface area contributed by atoms with Crippen LogP contribution in [0.15, 0.2) is 58.1 Å². The standard InChI is InChI=1S/C20H24FN5O.HI/c1-14-4-9-19(27-14)15(2)24-20(22-3)23-12-10-17-11-13-26(25-17)18-7-5-16(21)6-8-18;/h4-9,11,13,15H,10,12H2,1-3H3,(H2,22,23,24);1H. The van der Waals surface area contributed by atoms with E-state index >= 15 is 0 Å². The van der Waals surface area contributed by atoms with Crippen molar-refractivity contribution in [2.45, 2.75) is 26.3 Å². The van der Waals surface area contributed by atoms with E-state index in [0.717, 1.165) is 29.3 Å². The van der Waals surface area contributed by atoms with Crippen molar-refractivity contribution < 1.29 is 8.81 Å². The second-order valence-electron chi connectivity index (χ2n) is 6.29. The van der Waals surface area contributed by atoms with E-state index in [-0.39, 0.29) is 35.8 Å². The fraction of sp³-hybridized carbons (Fsp3) is 0.300. The van der Waals surface area contributed by atoms with Crippen LogP contribution in [0.3, 0.4) is 0 Å². The van der Waals surface area contributed by atoms with Crippen LogP contribution in [0.5, 0.6) is 0 Å². The van der Waals surface area contributed by atoms with Gasteiger partial charge in [0.05, 0.1) is 17.4 Å². The van der Waals surface area contributed by atoms with Crippen LogP contribution in [0, 0.1) is 12.7 Å². The summed E-state index contributed by atoms with van der Waals surface area (Å²) in [5.41, 5.74) is 1.77. The highest BCUT2D eigenvalue weighted by molar-refractivity contribution is 14.0. The molecule has 3 aromatic rings. The monoisotopic (exact) mass is 497 g/mol. The molecule has 1 unspecified atom stereocenters. The van der Waals surface area contributed by atoms with Crippen molar-refractivity contribution in [2.75, 3.05) is 13.6 Å². The van der Waals surface area contributed by atoms with Gasteiger partial charge in [-0.2, -0.15) is 5.10 Å². The molecule has 0 radical (unpaired) electrons. The minimum Gasteiger partial charge on any atom is -0.464 e. The first-order valence-corrected chi connectivity index (χ1v) is 8.89. The number of aryl methyl sites for hydroxylation is 1. The van der Waals surface area contributed by atoms with Gasteiger partial charge in [0.25, 0.3) is 0 Å². The third-order valence-electron chi connectivity index (χ3n) is 4.17. The molecule has 150 valence electrons. The third kappa shape index (κ3) is 5.82. The summed E-state index contributed by atoms with van der Waals surface area (Å²) in [6, 6.07) is 12.1. The number of rotatable bonds is 6. The molecule has 0 bridgehead atoms. The van der Waals surface area contributed by atoms with Gasteiger partial charge in [0.15, 0.2) is 5.96 Å². The van der Waals surface area contributed by atoms with E-state index in [9.17, 15) is 4.39 Å². The molecule has 0 saturated carbocycles. The Hall–Kier alpha value is -2.36. The molecule has 8 heteroatoms.